The second-order valence-corrected chi connectivity index (χ2v) is 7.37. The highest BCUT2D eigenvalue weighted by Gasteiger charge is 2.45. The zero-order valence-corrected chi connectivity index (χ0v) is 19.8. The predicted octanol–water partition coefficient (Wildman–Crippen LogP) is 3.98. The lowest BCUT2D eigenvalue weighted by molar-refractivity contribution is 0.0955. The summed E-state index contributed by atoms with van der Waals surface area (Å²) in [5.74, 6) is 0.471. The molecule has 7 heteroatoms. The maximum Gasteiger partial charge on any atom is 0.251 e. The van der Waals surface area contributed by atoms with Gasteiger partial charge in [-0.05, 0) is 56.0 Å². The molecule has 1 saturated carbocycles. The predicted molar refractivity (Wildman–Crippen MR) is 130 cm³/mol. The third-order valence-corrected chi connectivity index (χ3v) is 5.18. The number of nitrogens with zero attached hydrogens (tertiary/aromatic N) is 1. The summed E-state index contributed by atoms with van der Waals surface area (Å²) in [7, 11) is 0. The number of hydrogen-bond acceptors (Lipinski definition) is 2. The monoisotopic (exact) mass is 524 g/mol. The minimum Gasteiger partial charge on any atom is -0.357 e. The van der Waals surface area contributed by atoms with Crippen LogP contribution in [-0.2, 0) is 12.0 Å². The van der Waals surface area contributed by atoms with Gasteiger partial charge in [0.05, 0.1) is 6.54 Å². The molecule has 0 radical (unpaired) electrons. The molecule has 1 fully saturated rings. The van der Waals surface area contributed by atoms with Crippen LogP contribution >= 0.6 is 24.0 Å². The molecule has 1 aliphatic rings. The Morgan fingerprint density at radius 3 is 2.43 bits per heavy atom. The topological polar surface area (TPSA) is 65.5 Å². The van der Waals surface area contributed by atoms with Crippen molar-refractivity contribution in [3.8, 4) is 0 Å². The van der Waals surface area contributed by atoms with Crippen LogP contribution in [-0.4, -0.2) is 31.5 Å². The molecule has 1 aliphatic carbocycles. The molecule has 1 amide bonds. The molecule has 162 valence electrons. The van der Waals surface area contributed by atoms with Gasteiger partial charge in [0.1, 0.15) is 5.82 Å². The van der Waals surface area contributed by atoms with Crippen molar-refractivity contribution in [3.63, 3.8) is 0 Å². The van der Waals surface area contributed by atoms with Crippen LogP contribution < -0.4 is 16.0 Å². The van der Waals surface area contributed by atoms with E-state index in [1.807, 2.05) is 44.2 Å². The third kappa shape index (κ3) is 6.17. The Bertz CT molecular complexity index is 883. The lowest BCUT2D eigenvalue weighted by atomic mass is 9.95. The van der Waals surface area contributed by atoms with E-state index in [4.69, 9.17) is 0 Å². The van der Waals surface area contributed by atoms with E-state index >= 15 is 0 Å². The molecule has 2 aromatic carbocycles. The van der Waals surface area contributed by atoms with Gasteiger partial charge in [-0.2, -0.15) is 0 Å². The van der Waals surface area contributed by atoms with Gasteiger partial charge in [-0.3, -0.25) is 4.79 Å². The lowest BCUT2D eigenvalue weighted by Crippen LogP contribution is -2.41. The minimum atomic E-state index is -0.153. The first-order chi connectivity index (χ1) is 14.1. The van der Waals surface area contributed by atoms with E-state index in [0.717, 1.165) is 30.5 Å². The van der Waals surface area contributed by atoms with Crippen molar-refractivity contribution >= 4 is 35.8 Å². The Morgan fingerprint density at radius 1 is 1.03 bits per heavy atom. The second-order valence-electron chi connectivity index (χ2n) is 7.37. The summed E-state index contributed by atoms with van der Waals surface area (Å²) < 4.78 is 14.2. The van der Waals surface area contributed by atoms with Crippen LogP contribution in [0.2, 0.25) is 0 Å². The van der Waals surface area contributed by atoms with Gasteiger partial charge in [0.15, 0.2) is 5.96 Å². The van der Waals surface area contributed by atoms with E-state index in [9.17, 15) is 9.18 Å². The van der Waals surface area contributed by atoms with E-state index in [1.54, 1.807) is 12.1 Å². The van der Waals surface area contributed by atoms with Crippen molar-refractivity contribution in [1.29, 1.82) is 0 Å². The summed E-state index contributed by atoms with van der Waals surface area (Å²) in [6, 6.07) is 14.5. The third-order valence-electron chi connectivity index (χ3n) is 5.18. The molecule has 0 aromatic heterocycles. The molecule has 5 nitrogen and oxygen atoms in total. The zero-order chi connectivity index (χ0) is 20.7. The van der Waals surface area contributed by atoms with E-state index in [0.29, 0.717) is 31.2 Å². The summed E-state index contributed by atoms with van der Waals surface area (Å²) in [4.78, 5) is 16.7. The first-order valence-electron chi connectivity index (χ1n) is 10.2. The van der Waals surface area contributed by atoms with Crippen molar-refractivity contribution in [2.75, 3.05) is 19.6 Å². The number of halogens is 2. The highest BCUT2D eigenvalue weighted by atomic mass is 127. The molecule has 0 atom stereocenters. The van der Waals surface area contributed by atoms with Gasteiger partial charge < -0.3 is 16.0 Å². The fraction of sp³-hybridized carbons (Fsp3) is 0.391. The molecule has 3 N–H and O–H groups in total. The number of carbonyl (C=O) groups is 1. The van der Waals surface area contributed by atoms with Gasteiger partial charge >= 0.3 is 0 Å². The Balaban J connectivity index is 0.00000320. The fourth-order valence-corrected chi connectivity index (χ4v) is 3.42. The largest absolute Gasteiger partial charge is 0.357 e. The van der Waals surface area contributed by atoms with Gasteiger partial charge in [0.2, 0.25) is 0 Å². The van der Waals surface area contributed by atoms with E-state index in [2.05, 4.69) is 20.9 Å². The maximum atomic E-state index is 14.2. The number of nitrogens with one attached hydrogen (secondary N) is 3. The molecule has 2 aromatic rings. The first-order valence-corrected chi connectivity index (χ1v) is 10.2. The molecule has 30 heavy (non-hydrogen) atoms. The Hall–Kier alpha value is -2.16. The smallest absolute Gasteiger partial charge is 0.251 e. The Kier molecular flexibility index (Phi) is 9.08. The highest BCUT2D eigenvalue weighted by Crippen LogP contribution is 2.48. The number of amides is 1. The van der Waals surface area contributed by atoms with Gasteiger partial charge in [-0.25, -0.2) is 9.38 Å². The van der Waals surface area contributed by atoms with Crippen LogP contribution in [0.5, 0.6) is 0 Å². The molecule has 0 unspecified atom stereocenters. The molecular formula is C23H30FIN4O. The average molecular weight is 524 g/mol. The van der Waals surface area contributed by atoms with Crippen molar-refractivity contribution in [3.05, 3.63) is 71.0 Å². The van der Waals surface area contributed by atoms with Crippen molar-refractivity contribution in [1.82, 2.24) is 16.0 Å². The number of guanidine groups is 1. The van der Waals surface area contributed by atoms with Gasteiger partial charge in [0.25, 0.3) is 5.91 Å². The Morgan fingerprint density at radius 2 is 1.77 bits per heavy atom. The van der Waals surface area contributed by atoms with E-state index in [1.165, 1.54) is 6.07 Å². The van der Waals surface area contributed by atoms with Crippen LogP contribution in [0.3, 0.4) is 0 Å². The molecule has 0 heterocycles. The standard InChI is InChI=1S/C23H29FN4O.HI/c1-3-25-21(29)18-9-7-8-17(14-18)15-27-22(26-4-2)28-16-23(12-13-23)19-10-5-6-11-20(19)24;/h5-11,14H,3-4,12-13,15-16H2,1-2H3,(H,25,29)(H2,26,27,28);1H. The normalized spacial score (nSPS) is 14.4. The number of carbonyl (C=O) groups excluding carboxylic acids is 1. The number of benzene rings is 2. The van der Waals surface area contributed by atoms with E-state index in [-0.39, 0.29) is 41.1 Å². The minimum absolute atomic E-state index is 0. The number of rotatable bonds is 8. The summed E-state index contributed by atoms with van der Waals surface area (Å²) in [6.07, 6.45) is 1.93. The van der Waals surface area contributed by atoms with Gasteiger partial charge in [-0.1, -0.05) is 30.3 Å². The van der Waals surface area contributed by atoms with E-state index < -0.39 is 0 Å². The SMILES string of the molecule is CCNC(=O)c1cccc(CN=C(NCC)NCC2(c3ccccc3F)CC2)c1.I. The lowest BCUT2D eigenvalue weighted by Gasteiger charge is -2.19. The summed E-state index contributed by atoms with van der Waals surface area (Å²) >= 11 is 0. The summed E-state index contributed by atoms with van der Waals surface area (Å²) in [6.45, 7) is 6.33. The molecule has 0 bridgehead atoms. The average Bonchev–Trinajstić information content (AvgIpc) is 3.52. The number of hydrogen-bond donors (Lipinski definition) is 3. The zero-order valence-electron chi connectivity index (χ0n) is 17.5. The first kappa shape index (κ1) is 24.1. The quantitative estimate of drug-likeness (QED) is 0.278. The molecule has 0 saturated heterocycles. The fourth-order valence-electron chi connectivity index (χ4n) is 3.42. The maximum absolute atomic E-state index is 14.2. The molecule has 3 rings (SSSR count). The van der Waals surface area contributed by atoms with Gasteiger partial charge in [-0.15, -0.1) is 24.0 Å². The van der Waals surface area contributed by atoms with Crippen LogP contribution in [0.4, 0.5) is 4.39 Å². The molecular weight excluding hydrogens is 494 g/mol. The molecule has 0 aliphatic heterocycles. The van der Waals surface area contributed by atoms with Crippen LogP contribution in [0, 0.1) is 5.82 Å². The van der Waals surface area contributed by atoms with Gasteiger partial charge in [0, 0.05) is 30.6 Å². The van der Waals surface area contributed by atoms with Crippen LogP contribution in [0.15, 0.2) is 53.5 Å². The van der Waals surface area contributed by atoms with Crippen molar-refractivity contribution in [2.45, 2.75) is 38.6 Å². The van der Waals surface area contributed by atoms with Crippen molar-refractivity contribution in [2.24, 2.45) is 4.99 Å². The molecule has 0 spiro atoms. The highest BCUT2D eigenvalue weighted by molar-refractivity contribution is 14.0. The second kappa shape index (κ2) is 11.3. The van der Waals surface area contributed by atoms with Crippen LogP contribution in [0.1, 0.15) is 48.2 Å². The van der Waals surface area contributed by atoms with Crippen LogP contribution in [0.25, 0.3) is 0 Å². The Labute approximate surface area is 195 Å². The van der Waals surface area contributed by atoms with Crippen molar-refractivity contribution < 1.29 is 9.18 Å². The summed E-state index contributed by atoms with van der Waals surface area (Å²) in [5.41, 5.74) is 2.22. The number of aliphatic imine (C=N–C) groups is 1. The summed E-state index contributed by atoms with van der Waals surface area (Å²) in [5, 5.41) is 9.42.